The summed E-state index contributed by atoms with van der Waals surface area (Å²) in [6.07, 6.45) is 6.98. The Bertz CT molecular complexity index is 1580. The summed E-state index contributed by atoms with van der Waals surface area (Å²) < 4.78 is 30.6. The second kappa shape index (κ2) is 10.2. The summed E-state index contributed by atoms with van der Waals surface area (Å²) in [6.45, 7) is 3.81. The minimum absolute atomic E-state index is 0.0192. The molecule has 1 aliphatic carbocycles. The van der Waals surface area contributed by atoms with Crippen molar-refractivity contribution < 1.29 is 13.2 Å². The summed E-state index contributed by atoms with van der Waals surface area (Å²) in [4.78, 5) is 16.6. The third-order valence-electron chi connectivity index (χ3n) is 7.17. The summed E-state index contributed by atoms with van der Waals surface area (Å²) in [5.74, 6) is 0.716. The van der Waals surface area contributed by atoms with Crippen LogP contribution in [0.25, 0.3) is 22.2 Å². The van der Waals surface area contributed by atoms with Gasteiger partial charge in [0.1, 0.15) is 5.82 Å². The highest BCUT2D eigenvalue weighted by molar-refractivity contribution is 7.91. The molecule has 0 radical (unpaired) electrons. The normalized spacial score (nSPS) is 14.1. The number of rotatable bonds is 8. The number of sulfone groups is 1. The lowest BCUT2D eigenvalue weighted by atomic mass is 9.92. The van der Waals surface area contributed by atoms with Crippen LogP contribution in [0.15, 0.2) is 59.8 Å². The minimum atomic E-state index is -3.52. The molecule has 4 aromatic rings. The smallest absolute Gasteiger partial charge is 0.319 e. The lowest BCUT2D eigenvalue weighted by Crippen LogP contribution is -2.34. The van der Waals surface area contributed by atoms with E-state index in [1.807, 2.05) is 62.0 Å². The summed E-state index contributed by atoms with van der Waals surface area (Å²) in [7, 11) is -1.66. The van der Waals surface area contributed by atoms with Crippen LogP contribution in [-0.2, 0) is 23.3 Å². The predicted octanol–water partition coefficient (Wildman–Crippen LogP) is 4.90. The Morgan fingerprint density at radius 3 is 2.50 bits per heavy atom. The van der Waals surface area contributed by atoms with Crippen LogP contribution >= 0.6 is 0 Å². The largest absolute Gasteiger partial charge is 0.396 e. The summed E-state index contributed by atoms with van der Waals surface area (Å²) in [5.41, 5.74) is 10.6. The molecule has 1 saturated carbocycles. The molecule has 2 heterocycles. The first-order valence-corrected chi connectivity index (χ1v) is 14.6. The third kappa shape index (κ3) is 5.00. The van der Waals surface area contributed by atoms with Gasteiger partial charge in [-0.05, 0) is 63.4 Å². The zero-order valence-corrected chi connectivity index (χ0v) is 22.8. The highest BCUT2D eigenvalue weighted by atomic mass is 32.2. The average Bonchev–Trinajstić information content (AvgIpc) is 3.37. The van der Waals surface area contributed by atoms with E-state index in [4.69, 9.17) is 5.73 Å². The van der Waals surface area contributed by atoms with Crippen LogP contribution in [0, 0.1) is 0 Å². The predicted molar refractivity (Wildman–Crippen MR) is 151 cm³/mol. The van der Waals surface area contributed by atoms with Gasteiger partial charge >= 0.3 is 6.03 Å². The van der Waals surface area contributed by atoms with Gasteiger partial charge in [-0.25, -0.2) is 18.2 Å². The molecule has 2 aromatic heterocycles. The molecule has 0 spiro atoms. The number of aromatic nitrogens is 3. The van der Waals surface area contributed by atoms with Crippen molar-refractivity contribution in [3.63, 3.8) is 0 Å². The molecule has 0 aliphatic heterocycles. The van der Waals surface area contributed by atoms with E-state index in [0.717, 1.165) is 47.2 Å². The van der Waals surface area contributed by atoms with Gasteiger partial charge in [0, 0.05) is 54.6 Å². The number of nitrogens with two attached hydrogens (primary N) is 1. The lowest BCUT2D eigenvalue weighted by Gasteiger charge is -2.30. The van der Waals surface area contributed by atoms with E-state index in [-0.39, 0.29) is 23.9 Å². The van der Waals surface area contributed by atoms with E-state index in [1.165, 1.54) is 0 Å². The van der Waals surface area contributed by atoms with Crippen molar-refractivity contribution in [1.82, 2.24) is 19.4 Å². The van der Waals surface area contributed by atoms with Crippen molar-refractivity contribution in [2.24, 2.45) is 7.05 Å². The maximum absolute atomic E-state index is 13.3. The molecule has 38 heavy (non-hydrogen) atoms. The molecule has 0 atom stereocenters. The number of hydrogen-bond acceptors (Lipinski definition) is 5. The van der Waals surface area contributed by atoms with Gasteiger partial charge in [0.25, 0.3) is 0 Å². The van der Waals surface area contributed by atoms with Gasteiger partial charge in [0.15, 0.2) is 9.84 Å². The molecule has 0 bridgehead atoms. The van der Waals surface area contributed by atoms with Crippen LogP contribution in [0.4, 0.5) is 16.2 Å². The molecular formula is C28H34N6O3S. The van der Waals surface area contributed by atoms with E-state index in [9.17, 15) is 13.2 Å². The summed E-state index contributed by atoms with van der Waals surface area (Å²) >= 11 is 0. The zero-order valence-electron chi connectivity index (χ0n) is 21.9. The van der Waals surface area contributed by atoms with Crippen molar-refractivity contribution in [3.8, 4) is 11.3 Å². The van der Waals surface area contributed by atoms with E-state index < -0.39 is 9.84 Å². The summed E-state index contributed by atoms with van der Waals surface area (Å²) in [6, 6.07) is 12.9. The second-order valence-electron chi connectivity index (χ2n) is 10.2. The topological polar surface area (TPSA) is 124 Å². The Balaban J connectivity index is 1.50. The monoisotopic (exact) mass is 534 g/mol. The van der Waals surface area contributed by atoms with Gasteiger partial charge in [-0.1, -0.05) is 12.1 Å². The van der Waals surface area contributed by atoms with Crippen molar-refractivity contribution in [3.05, 3.63) is 60.7 Å². The first kappa shape index (κ1) is 25.8. The maximum Gasteiger partial charge on any atom is 0.319 e. The van der Waals surface area contributed by atoms with Crippen LogP contribution in [-0.4, -0.2) is 40.4 Å². The molecule has 10 heteroatoms. The van der Waals surface area contributed by atoms with Crippen LogP contribution < -0.4 is 16.4 Å². The van der Waals surface area contributed by atoms with E-state index >= 15 is 0 Å². The van der Waals surface area contributed by atoms with Gasteiger partial charge < -0.3 is 25.5 Å². The van der Waals surface area contributed by atoms with Gasteiger partial charge in [-0.3, -0.25) is 0 Å². The number of hydrogen-bond donors (Lipinski definition) is 3. The van der Waals surface area contributed by atoms with Crippen molar-refractivity contribution in [1.29, 1.82) is 0 Å². The lowest BCUT2D eigenvalue weighted by molar-refractivity contribution is 0.250. The fraction of sp³-hybridized carbons (Fsp3) is 0.357. The maximum atomic E-state index is 13.3. The van der Waals surface area contributed by atoms with Crippen LogP contribution in [0.5, 0.6) is 0 Å². The van der Waals surface area contributed by atoms with Gasteiger partial charge in [0.2, 0.25) is 0 Å². The van der Waals surface area contributed by atoms with Crippen molar-refractivity contribution >= 4 is 38.1 Å². The number of aryl methyl sites for hydroxylation is 2. The minimum Gasteiger partial charge on any atom is -0.396 e. The molecule has 0 saturated heterocycles. The van der Waals surface area contributed by atoms with E-state index in [0.29, 0.717) is 22.7 Å². The number of urea groups is 1. The molecule has 9 nitrogen and oxygen atoms in total. The van der Waals surface area contributed by atoms with Crippen molar-refractivity contribution in [2.75, 3.05) is 16.8 Å². The number of nitrogen functional groups attached to an aromatic ring is 1. The quantitative estimate of drug-likeness (QED) is 0.297. The Morgan fingerprint density at radius 1 is 1.16 bits per heavy atom. The van der Waals surface area contributed by atoms with E-state index in [1.54, 1.807) is 18.3 Å². The molecule has 1 fully saturated rings. The number of carbonyl (C=O) groups excluding carboxylic acids is 1. The second-order valence-corrected chi connectivity index (χ2v) is 12.4. The number of anilines is 2. The third-order valence-corrected chi connectivity index (χ3v) is 8.88. The fourth-order valence-electron chi connectivity index (χ4n) is 4.95. The number of imidazole rings is 1. The number of amides is 2. The fourth-order valence-corrected chi connectivity index (χ4v) is 6.20. The Kier molecular flexibility index (Phi) is 6.92. The van der Waals surface area contributed by atoms with Gasteiger partial charge in [0.05, 0.1) is 27.5 Å². The molecular weight excluding hydrogens is 500 g/mol. The SMILES string of the molecule is CC(C)NC(=O)Nc1ccc(-c2c(N)c3ccc(S(=O)(=O)CCc4nccn4C)cc3n2C2CCC2)cc1. The number of nitrogens with zero attached hydrogens (tertiary/aromatic N) is 3. The number of benzene rings is 2. The van der Waals surface area contributed by atoms with E-state index in [2.05, 4.69) is 20.2 Å². The standard InChI is InChI=1S/C28H34N6O3S/c1-18(2)31-28(35)32-20-9-7-19(8-10-20)27-26(29)23-12-11-22(17-24(23)34(27)21-5-4-6-21)38(36,37)16-13-25-30-14-15-33(25)3/h7-12,14-15,17-18,21H,4-6,13,16,29H2,1-3H3,(H2,31,32,35). The van der Waals surface area contributed by atoms with Crippen molar-refractivity contribution in [2.45, 2.75) is 56.5 Å². The van der Waals surface area contributed by atoms with Crippen LogP contribution in [0.2, 0.25) is 0 Å². The number of nitrogens with one attached hydrogen (secondary N) is 2. The first-order valence-electron chi connectivity index (χ1n) is 12.9. The molecule has 0 unspecified atom stereocenters. The number of carbonyl (C=O) groups is 1. The molecule has 1 aliphatic rings. The van der Waals surface area contributed by atoms with Crippen LogP contribution in [0.1, 0.15) is 45.0 Å². The number of fused-ring (bicyclic) bond motifs is 1. The Morgan fingerprint density at radius 2 is 1.89 bits per heavy atom. The highest BCUT2D eigenvalue weighted by Gasteiger charge is 2.28. The average molecular weight is 535 g/mol. The Hall–Kier alpha value is -3.79. The summed E-state index contributed by atoms with van der Waals surface area (Å²) in [5, 5.41) is 6.50. The highest BCUT2D eigenvalue weighted by Crippen LogP contribution is 2.44. The first-order chi connectivity index (χ1) is 18.1. The van der Waals surface area contributed by atoms with Crippen LogP contribution in [0.3, 0.4) is 0 Å². The zero-order chi connectivity index (χ0) is 27.0. The molecule has 200 valence electrons. The molecule has 4 N–H and O–H groups in total. The molecule has 5 rings (SSSR count). The molecule has 2 aromatic carbocycles. The molecule has 2 amide bonds. The van der Waals surface area contributed by atoms with Gasteiger partial charge in [-0.2, -0.15) is 0 Å². The van der Waals surface area contributed by atoms with Gasteiger partial charge in [-0.15, -0.1) is 0 Å². The Labute approximate surface area is 223 Å².